The number of nitrogens with zero attached hydrogens (tertiary/aromatic N) is 3. The first-order chi connectivity index (χ1) is 14.7. The van der Waals surface area contributed by atoms with Gasteiger partial charge in [-0.2, -0.15) is 0 Å². The van der Waals surface area contributed by atoms with Gasteiger partial charge in [-0.15, -0.1) is 11.3 Å². The van der Waals surface area contributed by atoms with Crippen molar-refractivity contribution in [3.63, 3.8) is 0 Å². The fourth-order valence-corrected chi connectivity index (χ4v) is 4.00. The molecule has 1 aromatic carbocycles. The number of nitrogens with one attached hydrogen (secondary N) is 1. The highest BCUT2D eigenvalue weighted by molar-refractivity contribution is 7.13. The van der Waals surface area contributed by atoms with Gasteiger partial charge in [0.15, 0.2) is 5.13 Å². The van der Waals surface area contributed by atoms with E-state index in [1.807, 2.05) is 58.6 Å². The van der Waals surface area contributed by atoms with Crippen LogP contribution in [0, 0.1) is 0 Å². The van der Waals surface area contributed by atoms with Crippen LogP contribution in [0.1, 0.15) is 27.3 Å². The molecule has 3 heterocycles. The van der Waals surface area contributed by atoms with Crippen LogP contribution >= 0.6 is 11.3 Å². The number of aryl methyl sites for hydroxylation is 2. The maximum absolute atomic E-state index is 12.8. The lowest BCUT2D eigenvalue weighted by atomic mass is 10.1. The molecule has 0 saturated heterocycles. The van der Waals surface area contributed by atoms with Crippen molar-refractivity contribution < 1.29 is 9.53 Å². The summed E-state index contributed by atoms with van der Waals surface area (Å²) in [5, 5.41) is 5.51. The summed E-state index contributed by atoms with van der Waals surface area (Å²) < 4.78 is 7.32. The Kier molecular flexibility index (Phi) is 6.20. The largest absolute Gasteiger partial charge is 0.496 e. The summed E-state index contributed by atoms with van der Waals surface area (Å²) in [5.74, 6) is 0.718. The highest BCUT2D eigenvalue weighted by Gasteiger charge is 2.14. The number of pyridine rings is 1. The van der Waals surface area contributed by atoms with E-state index >= 15 is 0 Å². The third-order valence-electron chi connectivity index (χ3n) is 4.78. The van der Waals surface area contributed by atoms with E-state index < -0.39 is 0 Å². The Morgan fingerprint density at radius 2 is 1.93 bits per heavy atom. The van der Waals surface area contributed by atoms with Gasteiger partial charge in [0, 0.05) is 30.5 Å². The SMILES string of the molecule is COc1ccccc1CCc1csc(NC(=O)c2cccn2Cc2ccncc2)n1. The minimum atomic E-state index is -0.167. The van der Waals surface area contributed by atoms with Crippen LogP contribution in [0.2, 0.25) is 0 Å². The van der Waals surface area contributed by atoms with Gasteiger partial charge in [-0.1, -0.05) is 18.2 Å². The van der Waals surface area contributed by atoms with E-state index in [1.165, 1.54) is 11.3 Å². The second-order valence-corrected chi connectivity index (χ2v) is 7.64. The first kappa shape index (κ1) is 19.8. The van der Waals surface area contributed by atoms with Gasteiger partial charge in [0.1, 0.15) is 11.4 Å². The zero-order chi connectivity index (χ0) is 20.8. The Morgan fingerprint density at radius 3 is 2.77 bits per heavy atom. The number of rotatable bonds is 8. The second-order valence-electron chi connectivity index (χ2n) is 6.79. The van der Waals surface area contributed by atoms with Gasteiger partial charge in [0.05, 0.1) is 12.8 Å². The van der Waals surface area contributed by atoms with Crippen molar-refractivity contribution in [2.45, 2.75) is 19.4 Å². The summed E-state index contributed by atoms with van der Waals surface area (Å²) in [5.41, 5.74) is 3.78. The number of ether oxygens (including phenoxy) is 1. The Bertz CT molecular complexity index is 1120. The van der Waals surface area contributed by atoms with Crippen LogP contribution in [0.4, 0.5) is 5.13 Å². The molecule has 30 heavy (non-hydrogen) atoms. The molecule has 0 fully saturated rings. The number of carbonyl (C=O) groups excluding carboxylic acids is 1. The summed E-state index contributed by atoms with van der Waals surface area (Å²) in [4.78, 5) is 21.4. The monoisotopic (exact) mass is 418 g/mol. The predicted molar refractivity (Wildman–Crippen MR) is 118 cm³/mol. The molecule has 4 aromatic rings. The maximum Gasteiger partial charge on any atom is 0.274 e. The van der Waals surface area contributed by atoms with Gasteiger partial charge in [0.2, 0.25) is 0 Å². The van der Waals surface area contributed by atoms with Crippen molar-refractivity contribution >= 4 is 22.4 Å². The molecule has 0 bridgehead atoms. The molecular formula is C23H22N4O2S. The van der Waals surface area contributed by atoms with E-state index in [1.54, 1.807) is 19.5 Å². The number of thiazole rings is 1. The van der Waals surface area contributed by atoms with Gasteiger partial charge in [-0.25, -0.2) is 4.98 Å². The van der Waals surface area contributed by atoms with Crippen LogP contribution in [-0.4, -0.2) is 27.6 Å². The Morgan fingerprint density at radius 1 is 1.10 bits per heavy atom. The molecule has 0 aliphatic heterocycles. The van der Waals surface area contributed by atoms with Crippen LogP contribution in [0.25, 0.3) is 0 Å². The quantitative estimate of drug-likeness (QED) is 0.459. The van der Waals surface area contributed by atoms with E-state index in [9.17, 15) is 4.79 Å². The average molecular weight is 419 g/mol. The van der Waals surface area contributed by atoms with E-state index in [4.69, 9.17) is 4.74 Å². The maximum atomic E-state index is 12.8. The highest BCUT2D eigenvalue weighted by Crippen LogP contribution is 2.22. The van der Waals surface area contributed by atoms with Crippen molar-refractivity contribution in [2.75, 3.05) is 12.4 Å². The van der Waals surface area contributed by atoms with Crippen molar-refractivity contribution in [2.24, 2.45) is 0 Å². The molecule has 7 heteroatoms. The normalized spacial score (nSPS) is 10.7. The van der Waals surface area contributed by atoms with Crippen LogP contribution in [0.3, 0.4) is 0 Å². The fourth-order valence-electron chi connectivity index (χ4n) is 3.26. The van der Waals surface area contributed by atoms with E-state index in [0.29, 0.717) is 17.4 Å². The summed E-state index contributed by atoms with van der Waals surface area (Å²) in [6, 6.07) is 15.6. The number of carbonyl (C=O) groups is 1. The Hall–Kier alpha value is -3.45. The van der Waals surface area contributed by atoms with Gasteiger partial charge < -0.3 is 9.30 Å². The molecule has 0 radical (unpaired) electrons. The van der Waals surface area contributed by atoms with Crippen LogP contribution in [0.5, 0.6) is 5.75 Å². The topological polar surface area (TPSA) is 69.0 Å². The number of hydrogen-bond acceptors (Lipinski definition) is 5. The van der Waals surface area contributed by atoms with Gasteiger partial charge in [-0.05, 0) is 54.3 Å². The highest BCUT2D eigenvalue weighted by atomic mass is 32.1. The average Bonchev–Trinajstić information content (AvgIpc) is 3.42. The molecule has 0 saturated carbocycles. The molecule has 3 aromatic heterocycles. The minimum Gasteiger partial charge on any atom is -0.496 e. The van der Waals surface area contributed by atoms with Crippen LogP contribution in [-0.2, 0) is 19.4 Å². The molecule has 0 atom stereocenters. The Balaban J connectivity index is 1.38. The van der Waals surface area contributed by atoms with Crippen molar-refractivity contribution in [1.82, 2.24) is 14.5 Å². The lowest BCUT2D eigenvalue weighted by Crippen LogP contribution is -2.17. The molecule has 152 valence electrons. The predicted octanol–water partition coefficient (Wildman–Crippen LogP) is 4.43. The van der Waals surface area contributed by atoms with Gasteiger partial charge in [-0.3, -0.25) is 15.1 Å². The fraction of sp³-hybridized carbons (Fsp3) is 0.174. The van der Waals surface area contributed by atoms with Crippen LogP contribution in [0.15, 0.2) is 72.5 Å². The number of amides is 1. The van der Waals surface area contributed by atoms with E-state index in [0.717, 1.165) is 35.4 Å². The summed E-state index contributed by atoms with van der Waals surface area (Å²) >= 11 is 1.44. The zero-order valence-corrected chi connectivity index (χ0v) is 17.4. The molecule has 1 amide bonds. The van der Waals surface area contributed by atoms with Gasteiger partial charge in [0.25, 0.3) is 5.91 Å². The lowest BCUT2D eigenvalue weighted by molar-refractivity contribution is 0.101. The standard InChI is InChI=1S/C23H22N4O2S/c1-29-21-7-3-2-5-18(21)8-9-19-16-30-23(25-19)26-22(28)20-6-4-14-27(20)15-17-10-12-24-13-11-17/h2-7,10-14,16H,8-9,15H2,1H3,(H,25,26,28). The Labute approximate surface area is 179 Å². The first-order valence-electron chi connectivity index (χ1n) is 9.64. The number of methoxy groups -OCH3 is 1. The minimum absolute atomic E-state index is 0.167. The van der Waals surface area contributed by atoms with Crippen molar-refractivity contribution in [3.05, 3.63) is 95.0 Å². The molecule has 6 nitrogen and oxygen atoms in total. The number of para-hydroxylation sites is 1. The number of aromatic nitrogens is 3. The molecule has 0 aliphatic carbocycles. The number of hydrogen-bond donors (Lipinski definition) is 1. The third kappa shape index (κ3) is 4.75. The molecule has 1 N–H and O–H groups in total. The van der Waals surface area contributed by atoms with Crippen molar-refractivity contribution in [1.29, 1.82) is 0 Å². The zero-order valence-electron chi connectivity index (χ0n) is 16.6. The number of benzene rings is 1. The van der Waals surface area contributed by atoms with Gasteiger partial charge >= 0.3 is 0 Å². The number of anilines is 1. The summed E-state index contributed by atoms with van der Waals surface area (Å²) in [7, 11) is 1.68. The third-order valence-corrected chi connectivity index (χ3v) is 5.59. The molecule has 0 aliphatic rings. The molecule has 0 unspecified atom stereocenters. The smallest absolute Gasteiger partial charge is 0.274 e. The van der Waals surface area contributed by atoms with E-state index in [-0.39, 0.29) is 5.91 Å². The van der Waals surface area contributed by atoms with Crippen LogP contribution < -0.4 is 10.1 Å². The molecule has 0 spiro atoms. The molecule has 4 rings (SSSR count). The van der Waals surface area contributed by atoms with E-state index in [2.05, 4.69) is 21.4 Å². The first-order valence-corrected chi connectivity index (χ1v) is 10.5. The lowest BCUT2D eigenvalue weighted by Gasteiger charge is -2.09. The second kappa shape index (κ2) is 9.37. The van der Waals surface area contributed by atoms with Crippen molar-refractivity contribution in [3.8, 4) is 5.75 Å². The molecular weight excluding hydrogens is 396 g/mol. The summed E-state index contributed by atoms with van der Waals surface area (Å²) in [6.45, 7) is 0.611. The summed E-state index contributed by atoms with van der Waals surface area (Å²) in [6.07, 6.45) is 7.01.